The number of aryl methyl sites for hydroxylation is 1. The summed E-state index contributed by atoms with van der Waals surface area (Å²) in [6.07, 6.45) is 0. The van der Waals surface area contributed by atoms with Gasteiger partial charge in [-0.05, 0) is 99.1 Å². The molecule has 0 aliphatic heterocycles. The molecule has 0 saturated heterocycles. The van der Waals surface area contributed by atoms with E-state index >= 15 is 0 Å². The van der Waals surface area contributed by atoms with Crippen LogP contribution in [0.3, 0.4) is 0 Å². The van der Waals surface area contributed by atoms with Crippen LogP contribution in [-0.2, 0) is 5.41 Å². The third-order valence-corrected chi connectivity index (χ3v) is 11.1. The van der Waals surface area contributed by atoms with Crippen molar-refractivity contribution in [3.8, 4) is 33.4 Å². The first-order chi connectivity index (χ1) is 25.4. The van der Waals surface area contributed by atoms with E-state index in [0.29, 0.717) is 0 Å². The van der Waals surface area contributed by atoms with Crippen molar-refractivity contribution in [2.24, 2.45) is 0 Å². The van der Waals surface area contributed by atoms with Crippen LogP contribution in [0.25, 0.3) is 66.1 Å². The van der Waals surface area contributed by atoms with Crippen molar-refractivity contribution in [3.05, 3.63) is 187 Å². The van der Waals surface area contributed by atoms with Crippen LogP contribution >= 0.6 is 0 Å². The minimum Gasteiger partial charge on any atom is -0.455 e. The summed E-state index contributed by atoms with van der Waals surface area (Å²) in [6, 6.07) is 61.8. The first-order valence-electron chi connectivity index (χ1n) is 18.1. The maximum Gasteiger partial charge on any atom is 0.143 e. The molecule has 52 heavy (non-hydrogen) atoms. The van der Waals surface area contributed by atoms with Crippen molar-refractivity contribution in [2.75, 3.05) is 4.90 Å². The van der Waals surface area contributed by atoms with E-state index in [1.807, 2.05) is 12.1 Å². The van der Waals surface area contributed by atoms with Crippen molar-refractivity contribution in [1.82, 2.24) is 0 Å². The van der Waals surface area contributed by atoms with Gasteiger partial charge in [0.2, 0.25) is 0 Å². The highest BCUT2D eigenvalue weighted by molar-refractivity contribution is 6.09. The minimum absolute atomic E-state index is 0.105. The lowest BCUT2D eigenvalue weighted by atomic mass is 9.82. The fourth-order valence-corrected chi connectivity index (χ4v) is 8.46. The van der Waals surface area contributed by atoms with Crippen LogP contribution in [0.5, 0.6) is 0 Å². The van der Waals surface area contributed by atoms with E-state index in [-0.39, 0.29) is 5.41 Å². The third-order valence-electron chi connectivity index (χ3n) is 11.1. The summed E-state index contributed by atoms with van der Waals surface area (Å²) >= 11 is 0. The van der Waals surface area contributed by atoms with Gasteiger partial charge < -0.3 is 9.32 Å². The second-order valence-electron chi connectivity index (χ2n) is 14.6. The van der Waals surface area contributed by atoms with Crippen molar-refractivity contribution >= 4 is 49.8 Å². The molecule has 1 heterocycles. The van der Waals surface area contributed by atoms with Gasteiger partial charge in [-0.1, -0.05) is 147 Å². The molecule has 2 heteroatoms. The molecule has 1 aliphatic carbocycles. The van der Waals surface area contributed by atoms with Crippen LogP contribution in [-0.4, -0.2) is 0 Å². The Labute approximate surface area is 304 Å². The van der Waals surface area contributed by atoms with E-state index in [2.05, 4.69) is 183 Å². The molecular weight excluding hydrogens is 631 g/mol. The number of hydrogen-bond acceptors (Lipinski definition) is 2. The standard InChI is InChI=1S/C50H37NO/c1-32-18-28-42-43-29-27-38(31-47(43)50(2,3)46(42)30-32)51(36-23-19-34(20-24-36)40-14-8-11-33-10-4-5-12-39(33)40)37-25-21-35(22-26-37)41-15-9-16-45-44-13-6-7-17-48(44)52-49(41)45/h4-31H,1-3H3. The zero-order valence-electron chi connectivity index (χ0n) is 29.5. The van der Waals surface area contributed by atoms with Gasteiger partial charge in [0.1, 0.15) is 11.2 Å². The molecular formula is C50H37NO. The smallest absolute Gasteiger partial charge is 0.143 e. The Bertz CT molecular complexity index is 2810. The third kappa shape index (κ3) is 4.72. The zero-order chi connectivity index (χ0) is 35.0. The Morgan fingerprint density at radius 2 is 1.00 bits per heavy atom. The molecule has 2 nitrogen and oxygen atoms in total. The summed E-state index contributed by atoms with van der Waals surface area (Å²) in [4.78, 5) is 2.39. The highest BCUT2D eigenvalue weighted by Crippen LogP contribution is 2.51. The fourth-order valence-electron chi connectivity index (χ4n) is 8.46. The van der Waals surface area contributed by atoms with Crippen molar-refractivity contribution < 1.29 is 4.42 Å². The van der Waals surface area contributed by atoms with Crippen molar-refractivity contribution in [2.45, 2.75) is 26.2 Å². The zero-order valence-corrected chi connectivity index (χ0v) is 29.5. The molecule has 10 rings (SSSR count). The largest absolute Gasteiger partial charge is 0.455 e. The second kappa shape index (κ2) is 11.6. The van der Waals surface area contributed by atoms with Gasteiger partial charge in [-0.3, -0.25) is 0 Å². The van der Waals surface area contributed by atoms with Crippen LogP contribution in [0, 0.1) is 6.92 Å². The maximum atomic E-state index is 6.41. The number of anilines is 3. The minimum atomic E-state index is -0.105. The maximum absolute atomic E-state index is 6.41. The lowest BCUT2D eigenvalue weighted by Crippen LogP contribution is -2.16. The van der Waals surface area contributed by atoms with Crippen LogP contribution in [0.1, 0.15) is 30.5 Å². The first kappa shape index (κ1) is 30.4. The van der Waals surface area contributed by atoms with Gasteiger partial charge in [0.05, 0.1) is 0 Å². The Kier molecular flexibility index (Phi) is 6.78. The molecule has 0 fully saturated rings. The Morgan fingerprint density at radius 3 is 1.77 bits per heavy atom. The van der Waals surface area contributed by atoms with Gasteiger partial charge in [-0.15, -0.1) is 0 Å². The molecule has 1 aromatic heterocycles. The summed E-state index contributed by atoms with van der Waals surface area (Å²) in [5.74, 6) is 0. The number of benzene rings is 8. The molecule has 1 aliphatic rings. The topological polar surface area (TPSA) is 16.4 Å². The number of hydrogen-bond donors (Lipinski definition) is 0. The average molecular weight is 668 g/mol. The molecule has 0 unspecified atom stereocenters. The van der Waals surface area contributed by atoms with E-state index in [4.69, 9.17) is 4.42 Å². The quantitative estimate of drug-likeness (QED) is 0.182. The van der Waals surface area contributed by atoms with Gasteiger partial charge in [0.15, 0.2) is 0 Å². The van der Waals surface area contributed by atoms with Gasteiger partial charge in [0.25, 0.3) is 0 Å². The van der Waals surface area contributed by atoms with E-state index in [9.17, 15) is 0 Å². The van der Waals surface area contributed by atoms with Crippen LogP contribution < -0.4 is 4.90 Å². The molecule has 0 radical (unpaired) electrons. The Morgan fingerprint density at radius 1 is 0.442 bits per heavy atom. The SMILES string of the molecule is Cc1ccc2c(c1)C(C)(C)c1cc(N(c3ccc(-c4cccc5ccccc45)cc3)c3ccc(-c4cccc5c4oc4ccccc45)cc3)ccc1-2. The number of para-hydroxylation sites is 2. The molecule has 8 aromatic carbocycles. The summed E-state index contributed by atoms with van der Waals surface area (Å²) in [6.45, 7) is 6.90. The molecule has 0 N–H and O–H groups in total. The van der Waals surface area contributed by atoms with E-state index in [1.165, 1.54) is 49.7 Å². The van der Waals surface area contributed by atoms with E-state index < -0.39 is 0 Å². The number of fused-ring (bicyclic) bond motifs is 7. The fraction of sp³-hybridized carbons (Fsp3) is 0.0800. The Balaban J connectivity index is 1.10. The van der Waals surface area contributed by atoms with Crippen LogP contribution in [0.2, 0.25) is 0 Å². The van der Waals surface area contributed by atoms with Gasteiger partial charge in [-0.25, -0.2) is 0 Å². The van der Waals surface area contributed by atoms with Crippen molar-refractivity contribution in [3.63, 3.8) is 0 Å². The molecule has 248 valence electrons. The lowest BCUT2D eigenvalue weighted by molar-refractivity contribution is 0.660. The monoisotopic (exact) mass is 667 g/mol. The van der Waals surface area contributed by atoms with E-state index in [1.54, 1.807) is 0 Å². The summed E-state index contributed by atoms with van der Waals surface area (Å²) in [5.41, 5.74) is 16.5. The predicted octanol–water partition coefficient (Wildman–Crippen LogP) is 14.2. The molecule has 0 amide bonds. The summed E-state index contributed by atoms with van der Waals surface area (Å²) in [5, 5.41) is 4.80. The van der Waals surface area contributed by atoms with Crippen LogP contribution in [0.15, 0.2) is 174 Å². The second-order valence-corrected chi connectivity index (χ2v) is 14.6. The average Bonchev–Trinajstić information content (AvgIpc) is 3.67. The molecule has 9 aromatic rings. The van der Waals surface area contributed by atoms with E-state index in [0.717, 1.165) is 50.1 Å². The highest BCUT2D eigenvalue weighted by Gasteiger charge is 2.36. The molecule has 0 saturated carbocycles. The van der Waals surface area contributed by atoms with Crippen LogP contribution in [0.4, 0.5) is 17.1 Å². The normalized spacial score (nSPS) is 13.1. The number of furan rings is 1. The molecule has 0 spiro atoms. The number of rotatable bonds is 5. The lowest BCUT2D eigenvalue weighted by Gasteiger charge is -2.28. The highest BCUT2D eigenvalue weighted by atomic mass is 16.3. The van der Waals surface area contributed by atoms with Gasteiger partial charge in [0, 0.05) is 38.8 Å². The predicted molar refractivity (Wildman–Crippen MR) is 219 cm³/mol. The number of nitrogens with zero attached hydrogens (tertiary/aromatic N) is 1. The summed E-state index contributed by atoms with van der Waals surface area (Å²) in [7, 11) is 0. The van der Waals surface area contributed by atoms with Crippen molar-refractivity contribution in [1.29, 1.82) is 0 Å². The molecule has 0 bridgehead atoms. The first-order valence-corrected chi connectivity index (χ1v) is 18.1. The van der Waals surface area contributed by atoms with Gasteiger partial charge in [-0.2, -0.15) is 0 Å². The Hall–Kier alpha value is -6.38. The summed E-state index contributed by atoms with van der Waals surface area (Å²) < 4.78 is 6.41. The van der Waals surface area contributed by atoms with Gasteiger partial charge >= 0.3 is 0 Å². The molecule has 0 atom stereocenters.